The summed E-state index contributed by atoms with van der Waals surface area (Å²) in [4.78, 5) is 37.1. The number of hydrogen-bond acceptors (Lipinski definition) is 7. The van der Waals surface area contributed by atoms with E-state index >= 15 is 0 Å². The minimum absolute atomic E-state index is 0.0679. The minimum Gasteiger partial charge on any atom is -0.462 e. The number of anilines is 1. The Labute approximate surface area is 208 Å². The predicted octanol–water partition coefficient (Wildman–Crippen LogP) is 3.85. The van der Waals surface area contributed by atoms with Crippen molar-refractivity contribution in [3.05, 3.63) is 71.5 Å². The third-order valence-electron chi connectivity index (χ3n) is 5.13. The summed E-state index contributed by atoms with van der Waals surface area (Å²) in [6, 6.07) is 15.2. The van der Waals surface area contributed by atoms with Crippen LogP contribution in [0.15, 0.2) is 59.8 Å². The molecular weight excluding hydrogens is 466 g/mol. The molecule has 0 aliphatic heterocycles. The molecular formula is C25H29N5O4S. The number of carbonyl (C=O) groups excluding carboxylic acids is 3. The van der Waals surface area contributed by atoms with Gasteiger partial charge in [0.15, 0.2) is 11.0 Å². The molecule has 2 amide bonds. The predicted molar refractivity (Wildman–Crippen MR) is 134 cm³/mol. The number of carbonyl (C=O) groups is 3. The molecule has 10 heteroatoms. The molecule has 2 N–H and O–H groups in total. The van der Waals surface area contributed by atoms with Crippen molar-refractivity contribution >= 4 is 35.2 Å². The summed E-state index contributed by atoms with van der Waals surface area (Å²) in [6.07, 6.45) is 0. The van der Waals surface area contributed by atoms with Gasteiger partial charge < -0.3 is 19.9 Å². The first-order chi connectivity index (χ1) is 16.8. The molecule has 2 aromatic carbocycles. The topological polar surface area (TPSA) is 115 Å². The van der Waals surface area contributed by atoms with Gasteiger partial charge in [0.2, 0.25) is 5.91 Å². The third-order valence-corrected chi connectivity index (χ3v) is 6.15. The Morgan fingerprint density at radius 1 is 1.03 bits per heavy atom. The molecule has 0 spiro atoms. The molecule has 0 saturated carbocycles. The minimum atomic E-state index is -0.441. The number of ether oxygens (including phenoxy) is 1. The first-order valence-corrected chi connectivity index (χ1v) is 12.2. The average Bonchev–Trinajstić information content (AvgIpc) is 3.21. The van der Waals surface area contributed by atoms with Crippen molar-refractivity contribution < 1.29 is 19.1 Å². The van der Waals surface area contributed by atoms with Crippen LogP contribution in [0.25, 0.3) is 0 Å². The maximum Gasteiger partial charge on any atom is 0.338 e. The van der Waals surface area contributed by atoms with Crippen LogP contribution < -0.4 is 10.6 Å². The van der Waals surface area contributed by atoms with Crippen LogP contribution in [0.2, 0.25) is 0 Å². The van der Waals surface area contributed by atoms with E-state index < -0.39 is 5.97 Å². The van der Waals surface area contributed by atoms with Crippen LogP contribution in [0.5, 0.6) is 0 Å². The fourth-order valence-corrected chi connectivity index (χ4v) is 4.05. The monoisotopic (exact) mass is 495 g/mol. The van der Waals surface area contributed by atoms with Crippen molar-refractivity contribution in [3.63, 3.8) is 0 Å². The fourth-order valence-electron chi connectivity index (χ4n) is 3.33. The van der Waals surface area contributed by atoms with Crippen molar-refractivity contribution in [3.8, 4) is 0 Å². The van der Waals surface area contributed by atoms with E-state index in [4.69, 9.17) is 4.74 Å². The lowest BCUT2D eigenvalue weighted by Crippen LogP contribution is -2.33. The molecule has 0 aliphatic rings. The Morgan fingerprint density at radius 2 is 1.74 bits per heavy atom. The number of amides is 2. The van der Waals surface area contributed by atoms with E-state index in [2.05, 4.69) is 20.8 Å². The Bertz CT molecular complexity index is 1180. The Balaban J connectivity index is 1.63. The molecule has 3 aromatic rings. The summed E-state index contributed by atoms with van der Waals surface area (Å²) >= 11 is 1.23. The molecule has 0 unspecified atom stereocenters. The molecule has 0 radical (unpaired) electrons. The normalized spacial score (nSPS) is 11.7. The maximum absolute atomic E-state index is 12.7. The van der Waals surface area contributed by atoms with Gasteiger partial charge in [-0.1, -0.05) is 49.9 Å². The van der Waals surface area contributed by atoms with E-state index in [1.165, 1.54) is 11.8 Å². The van der Waals surface area contributed by atoms with Crippen LogP contribution in [0.1, 0.15) is 53.4 Å². The molecule has 1 heterocycles. The summed E-state index contributed by atoms with van der Waals surface area (Å²) in [7, 11) is 1.81. The highest BCUT2D eigenvalue weighted by Crippen LogP contribution is 2.24. The zero-order chi connectivity index (χ0) is 25.4. The smallest absolute Gasteiger partial charge is 0.338 e. The molecule has 9 nitrogen and oxygen atoms in total. The van der Waals surface area contributed by atoms with Gasteiger partial charge in [-0.3, -0.25) is 9.59 Å². The molecule has 0 fully saturated rings. The summed E-state index contributed by atoms with van der Waals surface area (Å²) in [6.45, 7) is 6.00. The van der Waals surface area contributed by atoms with Crippen molar-refractivity contribution in [2.45, 2.75) is 32.0 Å². The van der Waals surface area contributed by atoms with Gasteiger partial charge in [0, 0.05) is 18.3 Å². The standard InChI is InChI=1S/C25H29N5O4S/c1-5-34-24(33)18-12-9-13-19(14-18)26-20(31)15-35-25-29-28-22(30(25)4)21(16(2)3)27-23(32)17-10-7-6-8-11-17/h6-14,16,21H,5,15H2,1-4H3,(H,26,31)(H,27,32)/t21-/m1/s1. The molecule has 0 bridgehead atoms. The van der Waals surface area contributed by atoms with E-state index in [0.717, 1.165) is 0 Å². The third kappa shape index (κ3) is 6.92. The highest BCUT2D eigenvalue weighted by Gasteiger charge is 2.25. The molecule has 0 saturated heterocycles. The van der Waals surface area contributed by atoms with Gasteiger partial charge in [-0.25, -0.2) is 4.79 Å². The second-order valence-corrected chi connectivity index (χ2v) is 9.04. The van der Waals surface area contributed by atoms with E-state index in [1.54, 1.807) is 47.9 Å². The summed E-state index contributed by atoms with van der Waals surface area (Å²) in [5.41, 5.74) is 1.44. The Morgan fingerprint density at radius 3 is 2.43 bits per heavy atom. The Kier molecular flexibility index (Phi) is 9.02. The van der Waals surface area contributed by atoms with E-state index in [0.29, 0.717) is 27.8 Å². The van der Waals surface area contributed by atoms with E-state index in [9.17, 15) is 14.4 Å². The van der Waals surface area contributed by atoms with Crippen molar-refractivity contribution in [2.24, 2.45) is 13.0 Å². The fraction of sp³-hybridized carbons (Fsp3) is 0.320. The van der Waals surface area contributed by atoms with Crippen LogP contribution in [0, 0.1) is 5.92 Å². The number of nitrogens with one attached hydrogen (secondary N) is 2. The second kappa shape index (κ2) is 12.2. The van der Waals surface area contributed by atoms with Crippen molar-refractivity contribution in [1.29, 1.82) is 0 Å². The molecule has 35 heavy (non-hydrogen) atoms. The maximum atomic E-state index is 12.7. The highest BCUT2D eigenvalue weighted by atomic mass is 32.2. The number of aromatic nitrogens is 3. The molecule has 3 rings (SSSR count). The van der Waals surface area contributed by atoms with Gasteiger partial charge in [0.25, 0.3) is 5.91 Å². The summed E-state index contributed by atoms with van der Waals surface area (Å²) in [5.74, 6) is -0.112. The lowest BCUT2D eigenvalue weighted by atomic mass is 10.0. The lowest BCUT2D eigenvalue weighted by Gasteiger charge is -2.21. The van der Waals surface area contributed by atoms with Gasteiger partial charge in [-0.05, 0) is 43.2 Å². The molecule has 184 valence electrons. The van der Waals surface area contributed by atoms with Crippen LogP contribution in [0.3, 0.4) is 0 Å². The van der Waals surface area contributed by atoms with E-state index in [-0.39, 0.29) is 36.1 Å². The quantitative estimate of drug-likeness (QED) is 0.324. The number of benzene rings is 2. The van der Waals surface area contributed by atoms with Crippen LogP contribution in [-0.2, 0) is 16.6 Å². The van der Waals surface area contributed by atoms with Gasteiger partial charge in [-0.15, -0.1) is 10.2 Å². The zero-order valence-electron chi connectivity index (χ0n) is 20.1. The number of esters is 1. The molecule has 1 aromatic heterocycles. The number of rotatable bonds is 10. The molecule has 1 atom stereocenters. The average molecular weight is 496 g/mol. The first kappa shape index (κ1) is 26.0. The van der Waals surface area contributed by atoms with Gasteiger partial charge in [-0.2, -0.15) is 0 Å². The summed E-state index contributed by atoms with van der Waals surface area (Å²) in [5, 5.41) is 14.9. The van der Waals surface area contributed by atoms with Crippen molar-refractivity contribution in [1.82, 2.24) is 20.1 Å². The number of thioether (sulfide) groups is 1. The number of hydrogen-bond donors (Lipinski definition) is 2. The van der Waals surface area contributed by atoms with Crippen LogP contribution in [-0.4, -0.2) is 44.9 Å². The summed E-state index contributed by atoms with van der Waals surface area (Å²) < 4.78 is 6.78. The highest BCUT2D eigenvalue weighted by molar-refractivity contribution is 7.99. The van der Waals surface area contributed by atoms with Gasteiger partial charge >= 0.3 is 5.97 Å². The largest absolute Gasteiger partial charge is 0.462 e. The SMILES string of the molecule is CCOC(=O)c1cccc(NC(=O)CSc2nnc([C@H](NC(=O)c3ccccc3)C(C)C)n2C)c1. The van der Waals surface area contributed by atoms with Gasteiger partial charge in [0.1, 0.15) is 0 Å². The zero-order valence-corrected chi connectivity index (χ0v) is 21.0. The van der Waals surface area contributed by atoms with Crippen LogP contribution in [0.4, 0.5) is 5.69 Å². The molecule has 0 aliphatic carbocycles. The Hall–Kier alpha value is -3.66. The second-order valence-electron chi connectivity index (χ2n) is 8.10. The lowest BCUT2D eigenvalue weighted by molar-refractivity contribution is -0.113. The van der Waals surface area contributed by atoms with E-state index in [1.807, 2.05) is 39.1 Å². The number of nitrogens with zero attached hydrogens (tertiary/aromatic N) is 3. The van der Waals surface area contributed by atoms with Crippen molar-refractivity contribution in [2.75, 3.05) is 17.7 Å². The van der Waals surface area contributed by atoms with Gasteiger partial charge in [0.05, 0.1) is 24.0 Å². The van der Waals surface area contributed by atoms with Crippen LogP contribution >= 0.6 is 11.8 Å². The first-order valence-electron chi connectivity index (χ1n) is 11.2.